The second kappa shape index (κ2) is 10.7. The maximum absolute atomic E-state index is 14.0. The first-order valence-electron chi connectivity index (χ1n) is 13.3. The van der Waals surface area contributed by atoms with E-state index < -0.39 is 29.5 Å². The Morgan fingerprint density at radius 3 is 2.34 bits per heavy atom. The van der Waals surface area contributed by atoms with Gasteiger partial charge in [-0.05, 0) is 37.3 Å². The number of benzene rings is 2. The zero-order valence-corrected chi connectivity index (χ0v) is 23.1. The number of nitrogens with zero attached hydrogens (tertiary/aromatic N) is 2. The van der Waals surface area contributed by atoms with Crippen LogP contribution in [0.15, 0.2) is 42.5 Å². The van der Waals surface area contributed by atoms with E-state index in [1.54, 1.807) is 23.8 Å². The van der Waals surface area contributed by atoms with Crippen LogP contribution in [-0.2, 0) is 19.2 Å². The quantitative estimate of drug-likeness (QED) is 0.541. The average Bonchev–Trinajstić information content (AvgIpc) is 3.46. The van der Waals surface area contributed by atoms with Gasteiger partial charge in [0.1, 0.15) is 6.04 Å². The summed E-state index contributed by atoms with van der Waals surface area (Å²) in [6.45, 7) is 9.64. The second-order valence-corrected chi connectivity index (χ2v) is 11.5. The Kier molecular flexibility index (Phi) is 7.78. The molecule has 204 valence electrons. The van der Waals surface area contributed by atoms with Gasteiger partial charge in [-0.1, -0.05) is 57.2 Å². The largest absolute Gasteiger partial charge is 0.342 e. The lowest BCUT2D eigenvalue weighted by Crippen LogP contribution is -2.59. The fourth-order valence-electron chi connectivity index (χ4n) is 5.71. The summed E-state index contributed by atoms with van der Waals surface area (Å²) in [5.41, 5.74) is 0.139. The standard InChI is InChI=1S/C29H39N5O4/c1-17(30-6)26(36)32-25(29(3,4)5)28(38)33-15-14-23-24(33)21(16-34(23)18(2)35)27(37)31-22-13-9-11-19-10-7-8-12-20(19)22/h7-13,17,21,23-25,30H,14-16H2,1-6H3,(H,31,37)(H,32,36). The Bertz CT molecular complexity index is 1230. The van der Waals surface area contributed by atoms with Gasteiger partial charge in [-0.15, -0.1) is 0 Å². The Labute approximate surface area is 224 Å². The van der Waals surface area contributed by atoms with Crippen molar-refractivity contribution >= 4 is 40.1 Å². The van der Waals surface area contributed by atoms with Crippen LogP contribution in [-0.4, -0.2) is 77.7 Å². The Morgan fingerprint density at radius 1 is 1.00 bits per heavy atom. The number of hydrogen-bond acceptors (Lipinski definition) is 5. The molecule has 5 unspecified atom stereocenters. The van der Waals surface area contributed by atoms with E-state index in [0.717, 1.165) is 10.8 Å². The molecule has 0 radical (unpaired) electrons. The van der Waals surface area contributed by atoms with Crippen molar-refractivity contribution in [2.24, 2.45) is 11.3 Å². The van der Waals surface area contributed by atoms with Crippen LogP contribution >= 0.6 is 0 Å². The van der Waals surface area contributed by atoms with Gasteiger partial charge in [0.15, 0.2) is 0 Å². The van der Waals surface area contributed by atoms with Crippen molar-refractivity contribution in [2.75, 3.05) is 25.5 Å². The van der Waals surface area contributed by atoms with Crippen LogP contribution in [0.3, 0.4) is 0 Å². The van der Waals surface area contributed by atoms with E-state index in [9.17, 15) is 19.2 Å². The van der Waals surface area contributed by atoms with Crippen LogP contribution in [0.25, 0.3) is 10.8 Å². The summed E-state index contributed by atoms with van der Waals surface area (Å²) >= 11 is 0. The number of amides is 4. The van der Waals surface area contributed by atoms with Crippen molar-refractivity contribution in [3.63, 3.8) is 0 Å². The third kappa shape index (κ3) is 5.25. The van der Waals surface area contributed by atoms with Gasteiger partial charge in [0.05, 0.1) is 24.0 Å². The average molecular weight is 522 g/mol. The van der Waals surface area contributed by atoms with Gasteiger partial charge < -0.3 is 25.8 Å². The lowest BCUT2D eigenvalue weighted by Gasteiger charge is -2.37. The topological polar surface area (TPSA) is 111 Å². The SMILES string of the molecule is CNC(C)C(=O)NC(C(=O)N1CCC2C1C(C(=O)Nc1cccc3ccccc13)CN2C(C)=O)C(C)(C)C. The zero-order valence-electron chi connectivity index (χ0n) is 23.1. The molecule has 9 nitrogen and oxygen atoms in total. The molecule has 2 aromatic rings. The molecule has 2 saturated heterocycles. The number of fused-ring (bicyclic) bond motifs is 2. The van der Waals surface area contributed by atoms with Crippen LogP contribution in [0.1, 0.15) is 41.0 Å². The number of likely N-dealkylation sites (tertiary alicyclic amines) is 2. The zero-order chi connectivity index (χ0) is 27.8. The highest BCUT2D eigenvalue weighted by atomic mass is 16.2. The first-order valence-corrected chi connectivity index (χ1v) is 13.3. The van der Waals surface area contributed by atoms with E-state index in [4.69, 9.17) is 0 Å². The highest BCUT2D eigenvalue weighted by Crippen LogP contribution is 2.38. The number of rotatable bonds is 6. The molecule has 2 aliphatic heterocycles. The smallest absolute Gasteiger partial charge is 0.246 e. The van der Waals surface area contributed by atoms with Crippen molar-refractivity contribution in [1.29, 1.82) is 0 Å². The minimum absolute atomic E-state index is 0.113. The predicted molar refractivity (Wildman–Crippen MR) is 147 cm³/mol. The third-order valence-electron chi connectivity index (χ3n) is 7.92. The molecule has 0 spiro atoms. The van der Waals surface area contributed by atoms with Crippen LogP contribution in [0, 0.1) is 11.3 Å². The summed E-state index contributed by atoms with van der Waals surface area (Å²) in [6, 6.07) is 11.6. The van der Waals surface area contributed by atoms with Crippen molar-refractivity contribution in [3.05, 3.63) is 42.5 Å². The molecule has 0 saturated carbocycles. The molecule has 4 rings (SSSR count). The minimum Gasteiger partial charge on any atom is -0.342 e. The van der Waals surface area contributed by atoms with Crippen molar-refractivity contribution in [3.8, 4) is 0 Å². The molecular formula is C29H39N5O4. The third-order valence-corrected chi connectivity index (χ3v) is 7.92. The van der Waals surface area contributed by atoms with Crippen LogP contribution < -0.4 is 16.0 Å². The van der Waals surface area contributed by atoms with Crippen LogP contribution in [0.4, 0.5) is 5.69 Å². The lowest BCUT2D eigenvalue weighted by molar-refractivity contribution is -0.141. The summed E-state index contributed by atoms with van der Waals surface area (Å²) in [7, 11) is 1.69. The van der Waals surface area contributed by atoms with Crippen LogP contribution in [0.2, 0.25) is 0 Å². The Balaban J connectivity index is 1.63. The van der Waals surface area contributed by atoms with Gasteiger partial charge in [-0.25, -0.2) is 0 Å². The maximum atomic E-state index is 14.0. The van der Waals surface area contributed by atoms with E-state index in [2.05, 4.69) is 16.0 Å². The monoisotopic (exact) mass is 521 g/mol. The number of nitrogens with one attached hydrogen (secondary N) is 3. The van der Waals surface area contributed by atoms with Crippen molar-refractivity contribution in [2.45, 2.75) is 65.2 Å². The first-order chi connectivity index (χ1) is 17.9. The van der Waals surface area contributed by atoms with Crippen molar-refractivity contribution < 1.29 is 19.2 Å². The molecule has 2 aliphatic rings. The molecule has 2 fully saturated rings. The normalized spacial score (nSPS) is 22.6. The molecular weight excluding hydrogens is 482 g/mol. The molecule has 0 bridgehead atoms. The van der Waals surface area contributed by atoms with Crippen LogP contribution in [0.5, 0.6) is 0 Å². The second-order valence-electron chi connectivity index (χ2n) is 11.5. The molecule has 0 aliphatic carbocycles. The fourth-order valence-corrected chi connectivity index (χ4v) is 5.71. The Hall–Kier alpha value is -3.46. The van der Waals surface area contributed by atoms with E-state index >= 15 is 0 Å². The minimum atomic E-state index is -0.780. The lowest BCUT2D eigenvalue weighted by atomic mass is 9.85. The highest BCUT2D eigenvalue weighted by Gasteiger charge is 2.55. The van der Waals surface area contributed by atoms with E-state index in [-0.39, 0.29) is 36.2 Å². The molecule has 3 N–H and O–H groups in total. The van der Waals surface area contributed by atoms with Gasteiger partial charge >= 0.3 is 0 Å². The molecule has 2 aromatic carbocycles. The number of carbonyl (C=O) groups is 4. The predicted octanol–water partition coefficient (Wildman–Crippen LogP) is 2.36. The summed E-state index contributed by atoms with van der Waals surface area (Å²) in [5.74, 6) is -1.42. The number of anilines is 1. The number of carbonyl (C=O) groups excluding carboxylic acids is 4. The van der Waals surface area contributed by atoms with Gasteiger partial charge in [0.25, 0.3) is 0 Å². The van der Waals surface area contributed by atoms with Gasteiger partial charge in [0.2, 0.25) is 23.6 Å². The molecule has 0 aromatic heterocycles. The summed E-state index contributed by atoms with van der Waals surface area (Å²) in [5, 5.41) is 10.9. The fraction of sp³-hybridized carbons (Fsp3) is 0.517. The van der Waals surface area contributed by atoms with Gasteiger partial charge in [-0.2, -0.15) is 0 Å². The van der Waals surface area contributed by atoms with Gasteiger partial charge in [-0.3, -0.25) is 19.2 Å². The number of hydrogen-bond donors (Lipinski definition) is 3. The highest BCUT2D eigenvalue weighted by molar-refractivity contribution is 6.03. The van der Waals surface area contributed by atoms with E-state index in [0.29, 0.717) is 18.7 Å². The van der Waals surface area contributed by atoms with Crippen molar-refractivity contribution in [1.82, 2.24) is 20.4 Å². The van der Waals surface area contributed by atoms with E-state index in [1.807, 2.05) is 63.2 Å². The molecule has 4 amide bonds. The maximum Gasteiger partial charge on any atom is 0.246 e. The molecule has 5 atom stereocenters. The summed E-state index contributed by atoms with van der Waals surface area (Å²) < 4.78 is 0. The molecule has 9 heteroatoms. The molecule has 2 heterocycles. The van der Waals surface area contributed by atoms with Gasteiger partial charge in [0, 0.05) is 31.1 Å². The summed E-state index contributed by atoms with van der Waals surface area (Å²) in [6.07, 6.45) is 0.589. The molecule has 38 heavy (non-hydrogen) atoms. The number of likely N-dealkylation sites (N-methyl/N-ethyl adjacent to an activating group) is 1. The summed E-state index contributed by atoms with van der Waals surface area (Å²) in [4.78, 5) is 56.5. The Morgan fingerprint density at radius 2 is 1.68 bits per heavy atom. The van der Waals surface area contributed by atoms with E-state index in [1.165, 1.54) is 6.92 Å². The first kappa shape index (κ1) is 27.6.